The van der Waals surface area contributed by atoms with E-state index in [-0.39, 0.29) is 0 Å². The Hall–Kier alpha value is -6.39. The second-order valence-electron chi connectivity index (χ2n) is 11.7. The van der Waals surface area contributed by atoms with Crippen molar-refractivity contribution in [3.05, 3.63) is 170 Å². The first kappa shape index (κ1) is 27.0. The van der Waals surface area contributed by atoms with Crippen LogP contribution in [0.2, 0.25) is 0 Å². The van der Waals surface area contributed by atoms with Gasteiger partial charge in [-0.3, -0.25) is 4.40 Å². The highest BCUT2D eigenvalue weighted by Gasteiger charge is 2.16. The van der Waals surface area contributed by atoms with E-state index in [4.69, 9.17) is 15.0 Å². The molecule has 0 atom stereocenters. The van der Waals surface area contributed by atoms with Crippen molar-refractivity contribution in [1.82, 2.24) is 19.4 Å². The molecule has 0 saturated carbocycles. The van der Waals surface area contributed by atoms with Gasteiger partial charge in [-0.2, -0.15) is 0 Å². The summed E-state index contributed by atoms with van der Waals surface area (Å²) in [6.07, 6.45) is 2.06. The summed E-state index contributed by atoms with van der Waals surface area (Å²) in [5.41, 5.74) is 14.6. The van der Waals surface area contributed by atoms with Gasteiger partial charge in [0.25, 0.3) is 0 Å². The molecule has 4 heteroatoms. The topological polar surface area (TPSA) is 43.1 Å². The van der Waals surface area contributed by atoms with Gasteiger partial charge in [0.05, 0.1) is 28.1 Å². The molecule has 47 heavy (non-hydrogen) atoms. The van der Waals surface area contributed by atoms with E-state index in [0.29, 0.717) is 0 Å². The first-order valence-electron chi connectivity index (χ1n) is 15.8. The van der Waals surface area contributed by atoms with Crippen molar-refractivity contribution in [3.8, 4) is 56.0 Å². The van der Waals surface area contributed by atoms with E-state index in [1.807, 2.05) is 42.5 Å². The summed E-state index contributed by atoms with van der Waals surface area (Å²) in [6, 6.07) is 57.0. The molecule has 9 rings (SSSR count). The Morgan fingerprint density at radius 2 is 0.915 bits per heavy atom. The lowest BCUT2D eigenvalue weighted by Crippen LogP contribution is -1.92. The van der Waals surface area contributed by atoms with Gasteiger partial charge >= 0.3 is 0 Å². The number of hydrogen-bond acceptors (Lipinski definition) is 3. The fourth-order valence-corrected chi connectivity index (χ4v) is 6.44. The number of nitrogens with zero attached hydrogens (tertiary/aromatic N) is 4. The third-order valence-corrected chi connectivity index (χ3v) is 8.82. The maximum Gasteiger partial charge on any atom is 0.137 e. The third-order valence-electron chi connectivity index (χ3n) is 8.82. The van der Waals surface area contributed by atoms with Crippen molar-refractivity contribution >= 4 is 27.6 Å². The van der Waals surface area contributed by atoms with Crippen LogP contribution in [0.15, 0.2) is 170 Å². The number of aromatic nitrogens is 4. The molecule has 220 valence electrons. The largest absolute Gasteiger partial charge is 0.298 e. The molecule has 5 aromatic carbocycles. The lowest BCUT2D eigenvalue weighted by molar-refractivity contribution is 1.22. The minimum Gasteiger partial charge on any atom is -0.298 e. The van der Waals surface area contributed by atoms with Crippen LogP contribution >= 0.6 is 0 Å². The van der Waals surface area contributed by atoms with Crippen LogP contribution in [-0.2, 0) is 0 Å². The molecule has 0 N–H and O–H groups in total. The monoisotopic (exact) mass is 600 g/mol. The molecule has 4 nitrogen and oxygen atoms in total. The van der Waals surface area contributed by atoms with Gasteiger partial charge in [-0.15, -0.1) is 0 Å². The fourth-order valence-electron chi connectivity index (χ4n) is 6.44. The Kier molecular flexibility index (Phi) is 6.43. The van der Waals surface area contributed by atoms with Crippen molar-refractivity contribution < 1.29 is 0 Å². The van der Waals surface area contributed by atoms with Gasteiger partial charge in [0.1, 0.15) is 11.2 Å². The van der Waals surface area contributed by atoms with Gasteiger partial charge in [0.15, 0.2) is 0 Å². The van der Waals surface area contributed by atoms with Crippen LogP contribution in [0, 0.1) is 0 Å². The molecule has 0 aliphatic carbocycles. The Balaban J connectivity index is 1.08. The summed E-state index contributed by atoms with van der Waals surface area (Å²) in [7, 11) is 0. The average molecular weight is 601 g/mol. The van der Waals surface area contributed by atoms with E-state index in [2.05, 4.69) is 132 Å². The number of hydrogen-bond donors (Lipinski definition) is 0. The highest BCUT2D eigenvalue weighted by molar-refractivity contribution is 6.09. The minimum absolute atomic E-state index is 0.916. The average Bonchev–Trinajstić information content (AvgIpc) is 3.55. The SMILES string of the molecule is c1ccc(-c2cc(-c3ccc(-c4ccc(-c5nc6ccccc6c6nc7ccccn7c56)cc4)cc3)cc(-c3ccccc3)n2)cc1. The summed E-state index contributed by atoms with van der Waals surface area (Å²) in [6.45, 7) is 0. The van der Waals surface area contributed by atoms with E-state index < -0.39 is 0 Å². The highest BCUT2D eigenvalue weighted by Crippen LogP contribution is 2.35. The second kappa shape index (κ2) is 11.2. The lowest BCUT2D eigenvalue weighted by atomic mass is 9.97. The first-order chi connectivity index (χ1) is 23.3. The number of rotatable bonds is 5. The van der Waals surface area contributed by atoms with E-state index in [1.54, 1.807) is 0 Å². The van der Waals surface area contributed by atoms with Crippen LogP contribution in [-0.4, -0.2) is 19.4 Å². The predicted molar refractivity (Wildman–Crippen MR) is 193 cm³/mol. The fraction of sp³-hybridized carbons (Fsp3) is 0. The van der Waals surface area contributed by atoms with Crippen molar-refractivity contribution in [2.75, 3.05) is 0 Å². The predicted octanol–water partition coefficient (Wildman–Crippen LogP) is 10.8. The smallest absolute Gasteiger partial charge is 0.137 e. The molecule has 0 amide bonds. The number of benzene rings is 5. The Bertz CT molecular complexity index is 2480. The zero-order chi connectivity index (χ0) is 31.2. The van der Waals surface area contributed by atoms with Crippen LogP contribution in [0.3, 0.4) is 0 Å². The minimum atomic E-state index is 0.916. The van der Waals surface area contributed by atoms with Crippen LogP contribution in [0.4, 0.5) is 0 Å². The van der Waals surface area contributed by atoms with Gasteiger partial charge in [0, 0.05) is 28.3 Å². The summed E-state index contributed by atoms with van der Waals surface area (Å²) in [4.78, 5) is 15.2. The molecule has 4 heterocycles. The summed E-state index contributed by atoms with van der Waals surface area (Å²) in [5, 5.41) is 1.06. The summed E-state index contributed by atoms with van der Waals surface area (Å²) < 4.78 is 2.14. The standard InChI is InChI=1S/C43H28N4/c1-3-11-32(12-4-1)38-27-35(28-39(44-38)33-13-5-2-6-14-33)31-20-18-29(19-21-31)30-22-24-34(25-23-30)41-43-42(36-15-7-8-16-37(36)45-41)46-40-17-9-10-26-47(40)43/h1-28H. The maximum atomic E-state index is 5.14. The zero-order valence-electron chi connectivity index (χ0n) is 25.5. The lowest BCUT2D eigenvalue weighted by Gasteiger charge is -2.11. The van der Waals surface area contributed by atoms with Gasteiger partial charge < -0.3 is 0 Å². The van der Waals surface area contributed by atoms with Crippen LogP contribution in [0.5, 0.6) is 0 Å². The normalized spacial score (nSPS) is 11.4. The van der Waals surface area contributed by atoms with Gasteiger partial charge in [0.2, 0.25) is 0 Å². The molecule has 0 spiro atoms. The molecule has 9 aromatic rings. The highest BCUT2D eigenvalue weighted by atomic mass is 15.0. The van der Waals surface area contributed by atoms with E-state index in [0.717, 1.165) is 83.6 Å². The molecule has 0 unspecified atom stereocenters. The molecule has 0 radical (unpaired) electrons. The van der Waals surface area contributed by atoms with Crippen LogP contribution < -0.4 is 0 Å². The Labute approximate surface area is 272 Å². The van der Waals surface area contributed by atoms with Crippen molar-refractivity contribution in [2.24, 2.45) is 0 Å². The van der Waals surface area contributed by atoms with E-state index in [9.17, 15) is 0 Å². The number of fused-ring (bicyclic) bond motifs is 5. The van der Waals surface area contributed by atoms with Crippen molar-refractivity contribution in [1.29, 1.82) is 0 Å². The molecule has 4 aromatic heterocycles. The molecular weight excluding hydrogens is 573 g/mol. The quantitative estimate of drug-likeness (QED) is 0.197. The summed E-state index contributed by atoms with van der Waals surface area (Å²) in [5.74, 6) is 0. The molecule has 0 aliphatic heterocycles. The number of imidazole rings is 1. The molecular formula is C43H28N4. The van der Waals surface area contributed by atoms with Crippen molar-refractivity contribution in [3.63, 3.8) is 0 Å². The van der Waals surface area contributed by atoms with Gasteiger partial charge in [-0.25, -0.2) is 15.0 Å². The van der Waals surface area contributed by atoms with Gasteiger partial charge in [-0.1, -0.05) is 133 Å². The first-order valence-corrected chi connectivity index (χ1v) is 15.8. The molecule has 0 fully saturated rings. The van der Waals surface area contributed by atoms with Crippen LogP contribution in [0.1, 0.15) is 0 Å². The second-order valence-corrected chi connectivity index (χ2v) is 11.7. The van der Waals surface area contributed by atoms with Crippen molar-refractivity contribution in [2.45, 2.75) is 0 Å². The number of pyridine rings is 3. The third kappa shape index (κ3) is 4.84. The molecule has 0 bridgehead atoms. The maximum absolute atomic E-state index is 5.14. The zero-order valence-corrected chi connectivity index (χ0v) is 25.5. The van der Waals surface area contributed by atoms with Crippen LogP contribution in [0.25, 0.3) is 83.6 Å². The summed E-state index contributed by atoms with van der Waals surface area (Å²) >= 11 is 0. The molecule has 0 aliphatic rings. The Morgan fingerprint density at radius 3 is 1.55 bits per heavy atom. The van der Waals surface area contributed by atoms with Gasteiger partial charge in [-0.05, 0) is 52.6 Å². The molecule has 0 saturated heterocycles. The van der Waals surface area contributed by atoms with E-state index >= 15 is 0 Å². The van der Waals surface area contributed by atoms with E-state index in [1.165, 1.54) is 0 Å². The number of para-hydroxylation sites is 1. The Morgan fingerprint density at radius 1 is 0.383 bits per heavy atom.